The Morgan fingerprint density at radius 2 is 1.48 bits per heavy atom. The highest BCUT2D eigenvalue weighted by Gasteiger charge is 2.12. The summed E-state index contributed by atoms with van der Waals surface area (Å²) in [5.41, 5.74) is 4.20. The van der Waals surface area contributed by atoms with Gasteiger partial charge in [0.15, 0.2) is 0 Å². The van der Waals surface area contributed by atoms with Gasteiger partial charge < -0.3 is 10.2 Å². The van der Waals surface area contributed by atoms with Crippen LogP contribution in [0.3, 0.4) is 0 Å². The lowest BCUT2D eigenvalue weighted by atomic mass is 10.1. The molecule has 2 amide bonds. The van der Waals surface area contributed by atoms with Gasteiger partial charge in [0.05, 0.1) is 0 Å². The maximum Gasteiger partial charge on any atom is 0.253 e. The zero-order valence-electron chi connectivity index (χ0n) is 16.6. The van der Waals surface area contributed by atoms with Crippen LogP contribution in [-0.4, -0.2) is 29.8 Å². The Kier molecular flexibility index (Phi) is 8.05. The van der Waals surface area contributed by atoms with Crippen molar-refractivity contribution in [2.24, 2.45) is 0 Å². The Morgan fingerprint density at radius 3 is 2.07 bits per heavy atom. The van der Waals surface area contributed by atoms with Gasteiger partial charge in [-0.3, -0.25) is 9.59 Å². The molecule has 0 aliphatic carbocycles. The van der Waals surface area contributed by atoms with Crippen LogP contribution >= 0.6 is 0 Å². The summed E-state index contributed by atoms with van der Waals surface area (Å²) >= 11 is 0. The zero-order valence-corrected chi connectivity index (χ0v) is 16.6. The summed E-state index contributed by atoms with van der Waals surface area (Å²) in [5, 5.41) is 2.95. The first kappa shape index (κ1) is 20.7. The molecule has 2 aromatic carbocycles. The largest absolute Gasteiger partial charge is 0.352 e. The maximum absolute atomic E-state index is 12.3. The molecule has 144 valence electrons. The minimum atomic E-state index is 0.0479. The lowest BCUT2D eigenvalue weighted by Gasteiger charge is -2.18. The number of nitrogens with zero attached hydrogens (tertiary/aromatic N) is 1. The molecule has 0 aliphatic rings. The average Bonchev–Trinajstić information content (AvgIpc) is 2.69. The number of carbonyl (C=O) groups is 2. The zero-order chi connectivity index (χ0) is 19.6. The van der Waals surface area contributed by atoms with Gasteiger partial charge in [-0.05, 0) is 56.9 Å². The molecule has 0 saturated heterocycles. The fraction of sp³-hybridized carbons (Fsp3) is 0.391. The molecule has 0 aliphatic heterocycles. The average molecular weight is 367 g/mol. The van der Waals surface area contributed by atoms with Gasteiger partial charge in [-0.2, -0.15) is 0 Å². The van der Waals surface area contributed by atoms with Crippen molar-refractivity contribution in [3.8, 4) is 0 Å². The van der Waals surface area contributed by atoms with Gasteiger partial charge in [0, 0.05) is 31.6 Å². The second-order valence-corrected chi connectivity index (χ2v) is 6.79. The normalized spacial score (nSPS) is 10.5. The van der Waals surface area contributed by atoms with Crippen molar-refractivity contribution in [3.05, 3.63) is 70.8 Å². The van der Waals surface area contributed by atoms with Crippen molar-refractivity contribution in [2.75, 3.05) is 13.1 Å². The number of hydrogen-bond acceptors (Lipinski definition) is 2. The van der Waals surface area contributed by atoms with Gasteiger partial charge in [-0.25, -0.2) is 0 Å². The van der Waals surface area contributed by atoms with E-state index in [9.17, 15) is 9.59 Å². The number of aryl methyl sites for hydroxylation is 2. The van der Waals surface area contributed by atoms with Crippen molar-refractivity contribution in [3.63, 3.8) is 0 Å². The predicted molar refractivity (Wildman–Crippen MR) is 110 cm³/mol. The van der Waals surface area contributed by atoms with Gasteiger partial charge in [0.1, 0.15) is 0 Å². The Bertz CT molecular complexity index is 732. The van der Waals surface area contributed by atoms with Crippen LogP contribution in [0.5, 0.6) is 0 Å². The minimum Gasteiger partial charge on any atom is -0.352 e. The molecule has 2 aromatic rings. The molecule has 4 heteroatoms. The summed E-state index contributed by atoms with van der Waals surface area (Å²) in [5.74, 6) is 0.108. The van der Waals surface area contributed by atoms with Gasteiger partial charge in [-0.15, -0.1) is 0 Å². The predicted octanol–water partition coefficient (Wildman–Crippen LogP) is 4.12. The van der Waals surface area contributed by atoms with E-state index in [-0.39, 0.29) is 11.8 Å². The summed E-state index contributed by atoms with van der Waals surface area (Å²) in [6, 6.07) is 15.9. The Morgan fingerprint density at radius 1 is 0.889 bits per heavy atom. The monoisotopic (exact) mass is 366 g/mol. The summed E-state index contributed by atoms with van der Waals surface area (Å²) in [7, 11) is 0. The summed E-state index contributed by atoms with van der Waals surface area (Å²) in [6.07, 6.45) is 2.27. The SMILES string of the molecule is CCN(CC)C(=O)c1ccc(CNC(=O)CCCc2ccc(C)cc2)cc1. The fourth-order valence-corrected chi connectivity index (χ4v) is 2.96. The first-order valence-corrected chi connectivity index (χ1v) is 9.74. The van der Waals surface area contributed by atoms with Crippen LogP contribution in [0.2, 0.25) is 0 Å². The van der Waals surface area contributed by atoms with Crippen molar-refractivity contribution in [1.29, 1.82) is 0 Å². The van der Waals surface area contributed by atoms with Crippen LogP contribution in [0.15, 0.2) is 48.5 Å². The third-order valence-corrected chi connectivity index (χ3v) is 4.73. The molecule has 0 heterocycles. The molecule has 2 rings (SSSR count). The maximum atomic E-state index is 12.3. The van der Waals surface area contributed by atoms with Gasteiger partial charge in [0.2, 0.25) is 5.91 Å². The second kappa shape index (κ2) is 10.5. The third-order valence-electron chi connectivity index (χ3n) is 4.73. The van der Waals surface area contributed by atoms with E-state index in [0.717, 1.165) is 18.4 Å². The summed E-state index contributed by atoms with van der Waals surface area (Å²) in [4.78, 5) is 26.1. The molecule has 0 fully saturated rings. The lowest BCUT2D eigenvalue weighted by molar-refractivity contribution is -0.121. The van der Waals surface area contributed by atoms with E-state index in [0.29, 0.717) is 31.6 Å². The van der Waals surface area contributed by atoms with E-state index in [2.05, 4.69) is 36.5 Å². The van der Waals surface area contributed by atoms with Crippen LogP contribution in [0.1, 0.15) is 53.7 Å². The third kappa shape index (κ3) is 6.55. The molecule has 0 atom stereocenters. The molecular weight excluding hydrogens is 336 g/mol. The van der Waals surface area contributed by atoms with Crippen LogP contribution in [0.25, 0.3) is 0 Å². The number of hydrogen-bond donors (Lipinski definition) is 1. The molecule has 4 nitrogen and oxygen atoms in total. The molecule has 0 aromatic heterocycles. The van der Waals surface area contributed by atoms with E-state index in [1.165, 1.54) is 11.1 Å². The van der Waals surface area contributed by atoms with E-state index < -0.39 is 0 Å². The summed E-state index contributed by atoms with van der Waals surface area (Å²) < 4.78 is 0. The van der Waals surface area contributed by atoms with Gasteiger partial charge >= 0.3 is 0 Å². The fourth-order valence-electron chi connectivity index (χ4n) is 2.96. The highest BCUT2D eigenvalue weighted by molar-refractivity contribution is 5.94. The molecule has 1 N–H and O–H groups in total. The number of benzene rings is 2. The molecule has 0 unspecified atom stereocenters. The molecule has 0 saturated carbocycles. The Hall–Kier alpha value is -2.62. The summed E-state index contributed by atoms with van der Waals surface area (Å²) in [6.45, 7) is 7.92. The van der Waals surface area contributed by atoms with Crippen LogP contribution in [0.4, 0.5) is 0 Å². The van der Waals surface area contributed by atoms with Gasteiger partial charge in [0.25, 0.3) is 5.91 Å². The van der Waals surface area contributed by atoms with E-state index in [4.69, 9.17) is 0 Å². The number of amides is 2. The quantitative estimate of drug-likeness (QED) is 0.726. The Labute approximate surface area is 162 Å². The first-order valence-electron chi connectivity index (χ1n) is 9.74. The van der Waals surface area contributed by atoms with E-state index >= 15 is 0 Å². The smallest absolute Gasteiger partial charge is 0.253 e. The molecule has 0 spiro atoms. The van der Waals surface area contributed by atoms with E-state index in [1.54, 1.807) is 4.90 Å². The topological polar surface area (TPSA) is 49.4 Å². The highest BCUT2D eigenvalue weighted by Crippen LogP contribution is 2.09. The number of nitrogens with one attached hydrogen (secondary N) is 1. The number of rotatable bonds is 9. The molecule has 0 radical (unpaired) electrons. The number of carbonyl (C=O) groups excluding carboxylic acids is 2. The first-order chi connectivity index (χ1) is 13.0. The van der Waals surface area contributed by atoms with Gasteiger partial charge in [-0.1, -0.05) is 42.0 Å². The van der Waals surface area contributed by atoms with Crippen LogP contribution in [-0.2, 0) is 17.8 Å². The minimum absolute atomic E-state index is 0.0479. The Balaban J connectivity index is 1.74. The second-order valence-electron chi connectivity index (χ2n) is 6.79. The van der Waals surface area contributed by atoms with Crippen molar-refractivity contribution in [1.82, 2.24) is 10.2 Å². The lowest BCUT2D eigenvalue weighted by Crippen LogP contribution is -2.30. The standard InChI is InChI=1S/C23H30N2O2/c1-4-25(5-2)23(27)21-15-13-20(14-16-21)17-24-22(26)8-6-7-19-11-9-18(3)10-12-19/h9-16H,4-8,17H2,1-3H3,(H,24,26). The van der Waals surface area contributed by atoms with Crippen molar-refractivity contribution in [2.45, 2.75) is 46.6 Å². The molecule has 27 heavy (non-hydrogen) atoms. The molecular formula is C23H30N2O2. The van der Waals surface area contributed by atoms with E-state index in [1.807, 2.05) is 38.1 Å². The van der Waals surface area contributed by atoms with Crippen molar-refractivity contribution < 1.29 is 9.59 Å². The van der Waals surface area contributed by atoms with Crippen LogP contribution in [0, 0.1) is 6.92 Å². The molecule has 0 bridgehead atoms. The van der Waals surface area contributed by atoms with Crippen molar-refractivity contribution >= 4 is 11.8 Å². The van der Waals surface area contributed by atoms with Crippen LogP contribution < -0.4 is 5.32 Å². The highest BCUT2D eigenvalue weighted by atomic mass is 16.2.